The van der Waals surface area contributed by atoms with Crippen LogP contribution in [0.15, 0.2) is 12.7 Å². The summed E-state index contributed by atoms with van der Waals surface area (Å²) >= 11 is 0. The molecule has 0 unspecified atom stereocenters. The smallest absolute Gasteiger partial charge is 0.469 e. The molecular weight excluding hydrogens is 459 g/mol. The number of imidazole rings is 1. The molecule has 5 atom stereocenters. The van der Waals surface area contributed by atoms with E-state index >= 15 is 0 Å². The summed E-state index contributed by atoms with van der Waals surface area (Å²) in [5.74, 6) is -2.87. The Balaban J connectivity index is 0.00000363. The number of rotatable bonds is 9. The third kappa shape index (κ3) is 5.53. The predicted octanol–water partition coefficient (Wildman–Crippen LogP) is -1.94. The van der Waals surface area contributed by atoms with E-state index < -0.39 is 63.4 Å². The van der Waals surface area contributed by atoms with Gasteiger partial charge in [0, 0.05) is 0 Å². The summed E-state index contributed by atoms with van der Waals surface area (Å²) in [4.78, 5) is 51.6. The zero-order chi connectivity index (χ0) is 22.9. The summed E-state index contributed by atoms with van der Waals surface area (Å²) in [5, 5.41) is 40.9. The van der Waals surface area contributed by atoms with Gasteiger partial charge in [-0.1, -0.05) is 0 Å². The standard InChI is InChI=1S/C14H18N5O11P.H3N/c20-7(21)1-5(14(24)25)18-11-8-12(16-3-15-11)19(4-17-8)13-10(23)9(22)6(30-13)2-29-31(26,27)28;/h3-6,9-10,13,22-23H,1-2H2,(H,20,21)(H,24,25)(H,15,16,18)(H2,26,27,28);1H3/t5-,6+,9+,10+,13+;/m1./s1. The summed E-state index contributed by atoms with van der Waals surface area (Å²) in [5.41, 5.74) is 0.0733. The molecular formula is C14H21N6O11P. The molecule has 0 saturated carbocycles. The Morgan fingerprint density at radius 3 is 2.50 bits per heavy atom. The minimum atomic E-state index is -4.83. The van der Waals surface area contributed by atoms with Gasteiger partial charge in [0.05, 0.1) is 19.4 Å². The number of hydrogen-bond acceptors (Lipinski definition) is 12. The lowest BCUT2D eigenvalue weighted by molar-refractivity contribution is -0.144. The Morgan fingerprint density at radius 2 is 1.91 bits per heavy atom. The Hall–Kier alpha value is -2.76. The van der Waals surface area contributed by atoms with E-state index in [4.69, 9.17) is 19.6 Å². The SMILES string of the molecule is N.O=C(O)C[C@@H](Nc1ncnc2c1ncn2[C@H]1O[C@@H](COP(=O)(O)O)[C@H](O)[C@@H]1O)C(=O)O. The summed E-state index contributed by atoms with van der Waals surface area (Å²) in [6, 6.07) is -1.51. The first kappa shape index (κ1) is 25.5. The van der Waals surface area contributed by atoms with Crippen LogP contribution in [0.1, 0.15) is 12.6 Å². The van der Waals surface area contributed by atoms with Crippen molar-refractivity contribution in [3.63, 3.8) is 0 Å². The number of anilines is 1. The first-order valence-corrected chi connectivity index (χ1v) is 10.1. The average molecular weight is 480 g/mol. The number of phosphoric acid groups is 1. The summed E-state index contributed by atoms with van der Waals surface area (Å²) in [6.07, 6.45) is -4.20. The van der Waals surface area contributed by atoms with Gasteiger partial charge >= 0.3 is 19.8 Å². The Kier molecular flexibility index (Phi) is 7.81. The second-order valence-corrected chi connectivity index (χ2v) is 7.75. The fourth-order valence-electron chi connectivity index (χ4n) is 2.95. The van der Waals surface area contributed by atoms with E-state index in [0.717, 1.165) is 12.7 Å². The van der Waals surface area contributed by atoms with Crippen molar-refractivity contribution in [1.82, 2.24) is 25.7 Å². The quantitative estimate of drug-likeness (QED) is 0.181. The highest BCUT2D eigenvalue weighted by atomic mass is 31.2. The molecule has 0 aliphatic carbocycles. The third-order valence-corrected chi connectivity index (χ3v) is 4.85. The van der Waals surface area contributed by atoms with E-state index in [1.807, 2.05) is 0 Å². The van der Waals surface area contributed by atoms with Crippen LogP contribution in [0.5, 0.6) is 0 Å². The topological polar surface area (TPSA) is 282 Å². The highest BCUT2D eigenvalue weighted by Crippen LogP contribution is 2.39. The van der Waals surface area contributed by atoms with Crippen LogP contribution in [0, 0.1) is 0 Å². The number of carboxylic acids is 2. The molecule has 0 amide bonds. The first-order chi connectivity index (χ1) is 14.5. The van der Waals surface area contributed by atoms with Crippen molar-refractivity contribution >= 4 is 36.7 Å². The monoisotopic (exact) mass is 480 g/mol. The van der Waals surface area contributed by atoms with Gasteiger partial charge in [0.25, 0.3) is 0 Å². The van der Waals surface area contributed by atoms with Crippen LogP contribution in [0.25, 0.3) is 11.2 Å². The molecule has 18 heteroatoms. The van der Waals surface area contributed by atoms with Gasteiger partial charge in [-0.3, -0.25) is 13.9 Å². The van der Waals surface area contributed by atoms with E-state index in [1.165, 1.54) is 4.57 Å². The van der Waals surface area contributed by atoms with E-state index in [1.54, 1.807) is 0 Å². The molecule has 3 rings (SSSR count). The maximum absolute atomic E-state index is 11.3. The molecule has 1 fully saturated rings. The number of aromatic nitrogens is 4. The number of hydrogen-bond donors (Lipinski definition) is 8. The van der Waals surface area contributed by atoms with Crippen LogP contribution in [0.4, 0.5) is 5.82 Å². The van der Waals surface area contributed by atoms with Gasteiger partial charge < -0.3 is 46.4 Å². The lowest BCUT2D eigenvalue weighted by Crippen LogP contribution is -2.33. The third-order valence-electron chi connectivity index (χ3n) is 4.36. The van der Waals surface area contributed by atoms with E-state index in [2.05, 4.69) is 24.8 Å². The van der Waals surface area contributed by atoms with E-state index in [-0.39, 0.29) is 23.1 Å². The molecule has 2 aromatic heterocycles. The largest absolute Gasteiger partial charge is 0.481 e. The Morgan fingerprint density at radius 1 is 1.22 bits per heavy atom. The summed E-state index contributed by atoms with van der Waals surface area (Å²) in [6.45, 7) is -0.705. The normalized spacial score (nSPS) is 24.1. The van der Waals surface area contributed by atoms with Crippen molar-refractivity contribution in [1.29, 1.82) is 0 Å². The van der Waals surface area contributed by atoms with Crippen molar-refractivity contribution in [2.45, 2.75) is 37.0 Å². The average Bonchev–Trinajstić information content (AvgIpc) is 3.21. The molecule has 0 aromatic carbocycles. The molecule has 32 heavy (non-hydrogen) atoms. The van der Waals surface area contributed by atoms with Crippen LogP contribution >= 0.6 is 7.82 Å². The number of nitrogens with zero attached hydrogens (tertiary/aromatic N) is 4. The number of aliphatic hydroxyl groups excluding tert-OH is 2. The number of phosphoric ester groups is 1. The molecule has 0 spiro atoms. The van der Waals surface area contributed by atoms with Gasteiger partial charge in [0.1, 0.15) is 30.7 Å². The van der Waals surface area contributed by atoms with Crippen molar-refractivity contribution in [2.75, 3.05) is 11.9 Å². The second kappa shape index (κ2) is 9.80. The van der Waals surface area contributed by atoms with Crippen molar-refractivity contribution in [2.24, 2.45) is 0 Å². The van der Waals surface area contributed by atoms with Gasteiger partial charge in [-0.2, -0.15) is 0 Å². The molecule has 0 bridgehead atoms. The van der Waals surface area contributed by atoms with Crippen molar-refractivity contribution in [3.8, 4) is 0 Å². The number of aliphatic hydroxyl groups is 2. The number of nitrogens with one attached hydrogen (secondary N) is 1. The predicted molar refractivity (Wildman–Crippen MR) is 102 cm³/mol. The minimum absolute atomic E-state index is 0. The van der Waals surface area contributed by atoms with Crippen molar-refractivity contribution in [3.05, 3.63) is 12.7 Å². The number of aliphatic carboxylic acids is 2. The lowest BCUT2D eigenvalue weighted by Gasteiger charge is -2.17. The Bertz CT molecular complexity index is 1030. The molecule has 17 nitrogen and oxygen atoms in total. The number of fused-ring (bicyclic) bond motifs is 1. The van der Waals surface area contributed by atoms with Gasteiger partial charge in [-0.15, -0.1) is 0 Å². The van der Waals surface area contributed by atoms with Crippen LogP contribution in [0.3, 0.4) is 0 Å². The molecule has 1 aliphatic rings. The number of carboxylic acid groups (broad SMARTS) is 2. The first-order valence-electron chi connectivity index (χ1n) is 8.58. The maximum Gasteiger partial charge on any atom is 0.469 e. The van der Waals surface area contributed by atoms with Gasteiger partial charge in [0.2, 0.25) is 0 Å². The summed E-state index contributed by atoms with van der Waals surface area (Å²) < 4.78 is 21.8. The second-order valence-electron chi connectivity index (χ2n) is 6.51. The van der Waals surface area contributed by atoms with Gasteiger partial charge in [0.15, 0.2) is 23.2 Å². The number of carbonyl (C=O) groups is 2. The van der Waals surface area contributed by atoms with Crippen LogP contribution < -0.4 is 11.5 Å². The van der Waals surface area contributed by atoms with Crippen LogP contribution in [-0.2, 0) is 23.4 Å². The van der Waals surface area contributed by atoms with Crippen LogP contribution in [-0.4, -0.2) is 92.6 Å². The van der Waals surface area contributed by atoms with E-state index in [9.17, 15) is 29.5 Å². The lowest BCUT2D eigenvalue weighted by atomic mass is 10.1. The van der Waals surface area contributed by atoms with Crippen LogP contribution in [0.2, 0.25) is 0 Å². The van der Waals surface area contributed by atoms with Gasteiger partial charge in [-0.25, -0.2) is 24.3 Å². The fraction of sp³-hybridized carbons (Fsp3) is 0.500. The molecule has 0 radical (unpaired) electrons. The number of ether oxygens (including phenoxy) is 1. The highest BCUT2D eigenvalue weighted by Gasteiger charge is 2.45. The maximum atomic E-state index is 11.3. The fourth-order valence-corrected chi connectivity index (χ4v) is 3.29. The molecule has 178 valence electrons. The Labute approximate surface area is 178 Å². The van der Waals surface area contributed by atoms with E-state index in [0.29, 0.717) is 0 Å². The highest BCUT2D eigenvalue weighted by molar-refractivity contribution is 7.46. The van der Waals surface area contributed by atoms with Gasteiger partial charge in [-0.05, 0) is 0 Å². The zero-order valence-corrected chi connectivity index (χ0v) is 17.0. The molecule has 1 saturated heterocycles. The molecule has 10 N–H and O–H groups in total. The molecule has 3 heterocycles. The minimum Gasteiger partial charge on any atom is -0.481 e. The molecule has 2 aromatic rings. The summed E-state index contributed by atoms with van der Waals surface area (Å²) in [7, 11) is -4.83. The van der Waals surface area contributed by atoms with Crippen molar-refractivity contribution < 1.29 is 53.6 Å². The molecule has 1 aliphatic heterocycles. The zero-order valence-electron chi connectivity index (χ0n) is 16.1.